The van der Waals surface area contributed by atoms with E-state index in [4.69, 9.17) is 4.74 Å². The predicted octanol–water partition coefficient (Wildman–Crippen LogP) is 1.20. The first-order chi connectivity index (χ1) is 8.67. The van der Waals surface area contributed by atoms with Crippen molar-refractivity contribution in [2.75, 3.05) is 13.7 Å². The number of ether oxygens (including phenoxy) is 1. The summed E-state index contributed by atoms with van der Waals surface area (Å²) in [4.78, 5) is 11.4. The van der Waals surface area contributed by atoms with Gasteiger partial charge in [0.2, 0.25) is 0 Å². The molecule has 1 aromatic carbocycles. The van der Waals surface area contributed by atoms with Crippen LogP contribution in [0.4, 0.5) is 4.39 Å². The Bertz CT molecular complexity index is 433. The molecule has 0 radical (unpaired) electrons. The van der Waals surface area contributed by atoms with Crippen LogP contribution in [0.25, 0.3) is 0 Å². The molecule has 1 amide bonds. The molecule has 0 heterocycles. The minimum absolute atomic E-state index is 0.0705. The average molecular weight is 252 g/mol. The normalized spacial score (nSPS) is 14.3. The lowest BCUT2D eigenvalue weighted by molar-refractivity contribution is -0.123. The van der Waals surface area contributed by atoms with E-state index in [1.54, 1.807) is 13.1 Å². The van der Waals surface area contributed by atoms with Crippen molar-refractivity contribution >= 4 is 5.91 Å². The Morgan fingerprint density at radius 3 is 2.89 bits per heavy atom. The molecule has 0 atom stereocenters. The summed E-state index contributed by atoms with van der Waals surface area (Å²) in [5.41, 5.74) is 0.787. The van der Waals surface area contributed by atoms with E-state index < -0.39 is 0 Å². The van der Waals surface area contributed by atoms with E-state index in [2.05, 4.69) is 10.6 Å². The first-order valence-corrected chi connectivity index (χ1v) is 6.03. The highest BCUT2D eigenvalue weighted by atomic mass is 19.1. The Labute approximate surface area is 106 Å². The number of carbonyl (C=O) groups is 1. The summed E-state index contributed by atoms with van der Waals surface area (Å²) < 4.78 is 18.6. The maximum atomic E-state index is 13.3. The number of rotatable bonds is 6. The lowest BCUT2D eigenvalue weighted by Crippen LogP contribution is -2.30. The molecule has 0 bridgehead atoms. The molecule has 2 N–H and O–H groups in total. The summed E-state index contributed by atoms with van der Waals surface area (Å²) in [6, 6.07) is 4.76. The number of hydrogen-bond acceptors (Lipinski definition) is 3. The molecule has 98 valence electrons. The van der Waals surface area contributed by atoms with E-state index in [9.17, 15) is 9.18 Å². The highest BCUT2D eigenvalue weighted by molar-refractivity contribution is 5.78. The first kappa shape index (κ1) is 12.8. The maximum Gasteiger partial charge on any atom is 0.258 e. The second kappa shape index (κ2) is 5.82. The first-order valence-electron chi connectivity index (χ1n) is 6.03. The fraction of sp³-hybridized carbons (Fsp3) is 0.462. The third-order valence-corrected chi connectivity index (χ3v) is 2.62. The summed E-state index contributed by atoms with van der Waals surface area (Å²) in [6.45, 7) is 0.487. The van der Waals surface area contributed by atoms with Crippen molar-refractivity contribution in [3.8, 4) is 5.75 Å². The molecule has 1 aliphatic rings. The van der Waals surface area contributed by atoms with E-state index in [0.717, 1.165) is 18.4 Å². The number of benzene rings is 1. The third-order valence-electron chi connectivity index (χ3n) is 2.62. The lowest BCUT2D eigenvalue weighted by atomic mass is 10.2. The summed E-state index contributed by atoms with van der Waals surface area (Å²) in [5, 5.41) is 5.74. The number of carbonyl (C=O) groups excluding carboxylic acids is 1. The second-order valence-corrected chi connectivity index (χ2v) is 4.46. The van der Waals surface area contributed by atoms with Crippen molar-refractivity contribution in [2.24, 2.45) is 0 Å². The molecule has 1 saturated carbocycles. The molecule has 2 rings (SSSR count). The van der Waals surface area contributed by atoms with E-state index in [-0.39, 0.29) is 18.3 Å². The molecule has 1 aromatic rings. The SMILES string of the molecule is CNCc1cc(F)cc(OCC(=O)NC2CC2)c1. The van der Waals surface area contributed by atoms with Crippen LogP contribution >= 0.6 is 0 Å². The third kappa shape index (κ3) is 4.00. The van der Waals surface area contributed by atoms with Gasteiger partial charge in [-0.15, -0.1) is 0 Å². The topological polar surface area (TPSA) is 50.4 Å². The Morgan fingerprint density at radius 2 is 2.22 bits per heavy atom. The fourth-order valence-electron chi connectivity index (χ4n) is 1.66. The molecule has 0 aliphatic heterocycles. The summed E-state index contributed by atoms with van der Waals surface area (Å²) in [6.07, 6.45) is 2.08. The van der Waals surface area contributed by atoms with Gasteiger partial charge in [-0.05, 0) is 37.6 Å². The van der Waals surface area contributed by atoms with Crippen LogP contribution in [0.2, 0.25) is 0 Å². The molecule has 0 unspecified atom stereocenters. The Balaban J connectivity index is 1.88. The molecular formula is C13H17FN2O2. The molecule has 4 nitrogen and oxygen atoms in total. The van der Waals surface area contributed by atoms with Crippen molar-refractivity contribution in [3.63, 3.8) is 0 Å². The summed E-state index contributed by atoms with van der Waals surface area (Å²) in [7, 11) is 1.79. The molecule has 1 aliphatic carbocycles. The number of halogens is 1. The van der Waals surface area contributed by atoms with Crippen LogP contribution in [0.1, 0.15) is 18.4 Å². The minimum atomic E-state index is -0.361. The molecule has 0 spiro atoms. The van der Waals surface area contributed by atoms with Gasteiger partial charge >= 0.3 is 0 Å². The molecule has 5 heteroatoms. The number of amides is 1. The van der Waals surface area contributed by atoms with Crippen LogP contribution in [0.3, 0.4) is 0 Å². The smallest absolute Gasteiger partial charge is 0.258 e. The van der Waals surface area contributed by atoms with Gasteiger partial charge in [-0.1, -0.05) is 0 Å². The second-order valence-electron chi connectivity index (χ2n) is 4.46. The van der Waals surface area contributed by atoms with E-state index in [1.807, 2.05) is 0 Å². The van der Waals surface area contributed by atoms with Crippen molar-refractivity contribution in [3.05, 3.63) is 29.6 Å². The van der Waals surface area contributed by atoms with Crippen LogP contribution in [-0.4, -0.2) is 25.6 Å². The van der Waals surface area contributed by atoms with Gasteiger partial charge in [0, 0.05) is 18.7 Å². The Kier molecular flexibility index (Phi) is 4.15. The van der Waals surface area contributed by atoms with Gasteiger partial charge in [-0.2, -0.15) is 0 Å². The van der Waals surface area contributed by atoms with Crippen LogP contribution in [-0.2, 0) is 11.3 Å². The zero-order chi connectivity index (χ0) is 13.0. The molecule has 18 heavy (non-hydrogen) atoms. The standard InChI is InChI=1S/C13H17FN2O2/c1-15-7-9-4-10(14)6-12(5-9)18-8-13(17)16-11-2-3-11/h4-6,11,15H,2-3,7-8H2,1H3,(H,16,17). The van der Waals surface area contributed by atoms with E-state index in [0.29, 0.717) is 18.3 Å². The van der Waals surface area contributed by atoms with Crippen molar-refractivity contribution < 1.29 is 13.9 Å². The van der Waals surface area contributed by atoms with Crippen molar-refractivity contribution in [2.45, 2.75) is 25.4 Å². The number of hydrogen-bond donors (Lipinski definition) is 2. The highest BCUT2D eigenvalue weighted by Crippen LogP contribution is 2.19. The van der Waals surface area contributed by atoms with Gasteiger partial charge in [0.15, 0.2) is 6.61 Å². The van der Waals surface area contributed by atoms with Gasteiger partial charge < -0.3 is 15.4 Å². The van der Waals surface area contributed by atoms with Gasteiger partial charge in [0.1, 0.15) is 11.6 Å². The van der Waals surface area contributed by atoms with E-state index in [1.165, 1.54) is 12.1 Å². The zero-order valence-corrected chi connectivity index (χ0v) is 10.3. The fourth-order valence-corrected chi connectivity index (χ4v) is 1.66. The van der Waals surface area contributed by atoms with Gasteiger partial charge in [0.25, 0.3) is 5.91 Å². The Hall–Kier alpha value is -1.62. The summed E-state index contributed by atoms with van der Waals surface area (Å²) in [5.74, 6) is -0.136. The van der Waals surface area contributed by atoms with Gasteiger partial charge in [-0.3, -0.25) is 4.79 Å². The maximum absolute atomic E-state index is 13.3. The minimum Gasteiger partial charge on any atom is -0.484 e. The van der Waals surface area contributed by atoms with Gasteiger partial charge in [-0.25, -0.2) is 4.39 Å². The predicted molar refractivity (Wildman–Crippen MR) is 65.8 cm³/mol. The van der Waals surface area contributed by atoms with Crippen molar-refractivity contribution in [1.82, 2.24) is 10.6 Å². The quantitative estimate of drug-likeness (QED) is 0.800. The lowest BCUT2D eigenvalue weighted by Gasteiger charge is -2.08. The largest absolute Gasteiger partial charge is 0.484 e. The monoisotopic (exact) mass is 252 g/mol. The molecular weight excluding hydrogens is 235 g/mol. The van der Waals surface area contributed by atoms with E-state index >= 15 is 0 Å². The van der Waals surface area contributed by atoms with Crippen LogP contribution < -0.4 is 15.4 Å². The van der Waals surface area contributed by atoms with Gasteiger partial charge in [0.05, 0.1) is 0 Å². The highest BCUT2D eigenvalue weighted by Gasteiger charge is 2.23. The van der Waals surface area contributed by atoms with Crippen LogP contribution in [0.5, 0.6) is 5.75 Å². The summed E-state index contributed by atoms with van der Waals surface area (Å²) >= 11 is 0. The average Bonchev–Trinajstić information content (AvgIpc) is 3.10. The number of nitrogens with one attached hydrogen (secondary N) is 2. The Morgan fingerprint density at radius 1 is 1.44 bits per heavy atom. The zero-order valence-electron chi connectivity index (χ0n) is 10.3. The molecule has 1 fully saturated rings. The molecule has 0 saturated heterocycles. The van der Waals surface area contributed by atoms with Crippen molar-refractivity contribution in [1.29, 1.82) is 0 Å². The molecule has 0 aromatic heterocycles. The van der Waals surface area contributed by atoms with Crippen LogP contribution in [0, 0.1) is 5.82 Å². The van der Waals surface area contributed by atoms with Crippen LogP contribution in [0.15, 0.2) is 18.2 Å².